The number of hydrogen-bond acceptors (Lipinski definition) is 5. The maximum Gasteiger partial charge on any atom is 0.416 e. The van der Waals surface area contributed by atoms with E-state index in [0.717, 1.165) is 30.3 Å². The van der Waals surface area contributed by atoms with Gasteiger partial charge >= 0.3 is 18.0 Å². The van der Waals surface area contributed by atoms with E-state index in [1.165, 1.54) is 0 Å². The number of nitrogens with one attached hydrogen (secondary N) is 2. The van der Waals surface area contributed by atoms with Gasteiger partial charge in [0.15, 0.2) is 0 Å². The maximum absolute atomic E-state index is 13.1. The summed E-state index contributed by atoms with van der Waals surface area (Å²) >= 11 is 0. The van der Waals surface area contributed by atoms with Gasteiger partial charge in [-0.15, -0.1) is 0 Å². The van der Waals surface area contributed by atoms with Crippen LogP contribution in [0.1, 0.15) is 36.7 Å². The number of carbonyl (C=O) groups excluding carboxylic acids is 2. The SMILES string of the molecule is CC(C)(C)OC(=O)Nc1ccc(C(F)(F)F)cc1NC(=O)c1ccc(S(=O)(=O)C(F)F)cc1. The molecule has 2 amide bonds. The molecule has 0 unspecified atom stereocenters. The van der Waals surface area contributed by atoms with Gasteiger partial charge in [-0.05, 0) is 63.2 Å². The van der Waals surface area contributed by atoms with Crippen molar-refractivity contribution < 1.29 is 44.7 Å². The molecule has 0 radical (unpaired) electrons. The quantitative estimate of drug-likeness (QED) is 0.550. The summed E-state index contributed by atoms with van der Waals surface area (Å²) in [6, 6.07) is 5.55. The largest absolute Gasteiger partial charge is 0.444 e. The lowest BCUT2D eigenvalue weighted by molar-refractivity contribution is -0.137. The van der Waals surface area contributed by atoms with Gasteiger partial charge in [0.1, 0.15) is 5.60 Å². The Balaban J connectivity index is 2.35. The van der Waals surface area contributed by atoms with Gasteiger partial charge in [-0.25, -0.2) is 13.2 Å². The van der Waals surface area contributed by atoms with Gasteiger partial charge in [-0.2, -0.15) is 22.0 Å². The normalized spacial score (nSPS) is 12.4. The molecule has 2 N–H and O–H groups in total. The first-order valence-electron chi connectivity index (χ1n) is 9.15. The van der Waals surface area contributed by atoms with Crippen LogP contribution >= 0.6 is 0 Å². The summed E-state index contributed by atoms with van der Waals surface area (Å²) in [6.07, 6.45) is -5.74. The third-order valence-electron chi connectivity index (χ3n) is 3.91. The van der Waals surface area contributed by atoms with Crippen LogP contribution in [0, 0.1) is 0 Å². The molecule has 0 saturated heterocycles. The first-order valence-corrected chi connectivity index (χ1v) is 10.7. The molecule has 2 aromatic rings. The first-order chi connectivity index (χ1) is 15.0. The Kier molecular flexibility index (Phi) is 7.36. The second-order valence-electron chi connectivity index (χ2n) is 7.67. The second kappa shape index (κ2) is 9.33. The highest BCUT2D eigenvalue weighted by molar-refractivity contribution is 7.91. The molecule has 7 nitrogen and oxygen atoms in total. The van der Waals surface area contributed by atoms with Crippen molar-refractivity contribution in [3.05, 3.63) is 53.6 Å². The Morgan fingerprint density at radius 3 is 1.97 bits per heavy atom. The van der Waals surface area contributed by atoms with E-state index in [2.05, 4.69) is 10.6 Å². The van der Waals surface area contributed by atoms with E-state index in [1.54, 1.807) is 20.8 Å². The Labute approximate surface area is 185 Å². The fourth-order valence-electron chi connectivity index (χ4n) is 2.44. The molecule has 2 rings (SSSR count). The van der Waals surface area contributed by atoms with Crippen LogP contribution in [0.15, 0.2) is 47.4 Å². The van der Waals surface area contributed by atoms with Crippen molar-refractivity contribution in [2.45, 2.75) is 43.2 Å². The molecular weight excluding hydrogens is 475 g/mol. The molecule has 0 spiro atoms. The molecule has 0 aliphatic carbocycles. The summed E-state index contributed by atoms with van der Waals surface area (Å²) in [7, 11) is -4.89. The summed E-state index contributed by atoms with van der Waals surface area (Å²) in [5, 5.41) is 4.42. The van der Waals surface area contributed by atoms with Gasteiger partial charge in [0, 0.05) is 5.56 Å². The van der Waals surface area contributed by atoms with Crippen molar-refractivity contribution in [2.75, 3.05) is 10.6 Å². The number of halogens is 5. The van der Waals surface area contributed by atoms with Crippen LogP contribution in [-0.2, 0) is 20.8 Å². The van der Waals surface area contributed by atoms with Crippen molar-refractivity contribution >= 4 is 33.2 Å². The standard InChI is InChI=1S/C20H19F5N2O5S/c1-19(2,3)32-18(29)27-14-9-6-12(20(23,24)25)10-15(14)26-16(28)11-4-7-13(8-5-11)33(30,31)17(21)22/h4-10,17H,1-3H3,(H,26,28)(H,27,29). The Bertz CT molecular complexity index is 1140. The average Bonchev–Trinajstić information content (AvgIpc) is 2.67. The fraction of sp³-hybridized carbons (Fsp3) is 0.300. The molecule has 0 atom stereocenters. The number of alkyl halides is 5. The second-order valence-corrected chi connectivity index (χ2v) is 9.59. The predicted octanol–water partition coefficient (Wildman–Crippen LogP) is 5.30. The molecule has 33 heavy (non-hydrogen) atoms. The number of hydrogen-bond donors (Lipinski definition) is 2. The molecule has 2 aromatic carbocycles. The number of anilines is 2. The third kappa shape index (κ3) is 6.88. The van der Waals surface area contributed by atoms with Crippen molar-refractivity contribution in [3.63, 3.8) is 0 Å². The van der Waals surface area contributed by atoms with Gasteiger partial charge < -0.3 is 10.1 Å². The topological polar surface area (TPSA) is 102 Å². The maximum atomic E-state index is 13.1. The van der Waals surface area contributed by atoms with Crippen LogP contribution in [-0.4, -0.2) is 31.8 Å². The molecule has 0 fully saturated rings. The van der Waals surface area contributed by atoms with Crippen LogP contribution in [0.3, 0.4) is 0 Å². The van der Waals surface area contributed by atoms with Crippen molar-refractivity contribution in [3.8, 4) is 0 Å². The average molecular weight is 494 g/mol. The van der Waals surface area contributed by atoms with Gasteiger partial charge in [-0.3, -0.25) is 10.1 Å². The summed E-state index contributed by atoms with van der Waals surface area (Å²) in [5.41, 5.74) is -2.89. The zero-order chi connectivity index (χ0) is 25.2. The number of sulfone groups is 1. The molecule has 0 heterocycles. The minimum Gasteiger partial charge on any atom is -0.444 e. The number of benzene rings is 2. The minimum absolute atomic E-state index is 0.206. The lowest BCUT2D eigenvalue weighted by atomic mass is 10.1. The van der Waals surface area contributed by atoms with Crippen molar-refractivity contribution in [1.82, 2.24) is 0 Å². The molecule has 0 saturated carbocycles. The van der Waals surface area contributed by atoms with Crippen molar-refractivity contribution in [1.29, 1.82) is 0 Å². The van der Waals surface area contributed by atoms with Crippen molar-refractivity contribution in [2.24, 2.45) is 0 Å². The summed E-state index contributed by atoms with van der Waals surface area (Å²) < 4.78 is 92.6. The Morgan fingerprint density at radius 2 is 1.48 bits per heavy atom. The molecule has 0 aromatic heterocycles. The predicted molar refractivity (Wildman–Crippen MR) is 109 cm³/mol. The molecular formula is C20H19F5N2O5S. The van der Waals surface area contributed by atoms with E-state index in [4.69, 9.17) is 4.74 Å². The van der Waals surface area contributed by atoms with Crippen LogP contribution in [0.2, 0.25) is 0 Å². The molecule has 0 aliphatic rings. The van der Waals surface area contributed by atoms with E-state index in [-0.39, 0.29) is 11.3 Å². The zero-order valence-electron chi connectivity index (χ0n) is 17.5. The zero-order valence-corrected chi connectivity index (χ0v) is 18.3. The van der Waals surface area contributed by atoms with E-state index in [1.807, 2.05) is 0 Å². The smallest absolute Gasteiger partial charge is 0.416 e. The highest BCUT2D eigenvalue weighted by Gasteiger charge is 2.32. The van der Waals surface area contributed by atoms with Gasteiger partial charge in [-0.1, -0.05) is 0 Å². The van der Waals surface area contributed by atoms with Gasteiger partial charge in [0.2, 0.25) is 9.84 Å². The van der Waals surface area contributed by atoms with E-state index in [9.17, 15) is 40.0 Å². The minimum atomic E-state index is -4.89. The summed E-state index contributed by atoms with van der Waals surface area (Å²) in [5.74, 6) is -4.65. The number of carbonyl (C=O) groups is 2. The van der Waals surface area contributed by atoms with Crippen LogP contribution in [0.25, 0.3) is 0 Å². The lowest BCUT2D eigenvalue weighted by Crippen LogP contribution is -2.27. The van der Waals surface area contributed by atoms with Gasteiger partial charge in [0.05, 0.1) is 21.8 Å². The number of ether oxygens (including phenoxy) is 1. The Hall–Kier alpha value is -3.22. The summed E-state index contributed by atoms with van der Waals surface area (Å²) in [4.78, 5) is 23.8. The van der Waals surface area contributed by atoms with E-state index < -0.39 is 55.5 Å². The molecule has 0 bridgehead atoms. The third-order valence-corrected chi connectivity index (χ3v) is 5.31. The number of amides is 2. The van der Waals surface area contributed by atoms with Crippen LogP contribution < -0.4 is 10.6 Å². The van der Waals surface area contributed by atoms with Crippen LogP contribution in [0.4, 0.5) is 38.1 Å². The molecule has 180 valence electrons. The number of rotatable bonds is 5. The van der Waals surface area contributed by atoms with Gasteiger partial charge in [0.25, 0.3) is 5.91 Å². The highest BCUT2D eigenvalue weighted by atomic mass is 32.2. The van der Waals surface area contributed by atoms with E-state index in [0.29, 0.717) is 12.1 Å². The highest BCUT2D eigenvalue weighted by Crippen LogP contribution is 2.34. The fourth-order valence-corrected chi connectivity index (χ4v) is 3.16. The lowest BCUT2D eigenvalue weighted by Gasteiger charge is -2.21. The van der Waals surface area contributed by atoms with Crippen LogP contribution in [0.5, 0.6) is 0 Å². The molecule has 13 heteroatoms. The first kappa shape index (κ1) is 26.0. The van der Waals surface area contributed by atoms with E-state index >= 15 is 0 Å². The monoisotopic (exact) mass is 494 g/mol. The molecule has 0 aliphatic heterocycles. The summed E-state index contributed by atoms with van der Waals surface area (Å²) in [6.45, 7) is 4.71. The Morgan fingerprint density at radius 1 is 0.909 bits per heavy atom.